The Morgan fingerprint density at radius 2 is 1.00 bits per heavy atom. The maximum absolute atomic E-state index is 5.81. The predicted molar refractivity (Wildman–Crippen MR) is 283 cm³/mol. The molecule has 12 aromatic rings. The Morgan fingerprint density at radius 3 is 1.75 bits per heavy atom. The van der Waals surface area contributed by atoms with Crippen molar-refractivity contribution in [2.75, 3.05) is 4.90 Å². The first-order valence-corrected chi connectivity index (χ1v) is 24.7. The molecule has 0 N–H and O–H groups in total. The Hall–Kier alpha value is -8.43. The molecule has 10 aromatic carbocycles. The zero-order valence-electron chi connectivity index (χ0n) is 36.8. The highest BCUT2D eigenvalue weighted by atomic mass is 31.1. The standard InChI is InChI=1S/C63H39N4P/c1-3-19-41(20-4-1)66-55-32-16-11-26-46(55)47-36-38-58-61(60(47)66)67(56-33-17-18-34-57(56)68(58)42-21-5-2-6-22-42)62-64-54-31-15-10-27-48(54)59(65-62)40-35-37-53-49(39-40)45-25-9-14-30-52(45)63(53)50-28-12-7-23-43(50)44-24-8-13-29-51(44)63/h1-39H. The first-order valence-electron chi connectivity index (χ1n) is 23.3. The van der Waals surface area contributed by atoms with Gasteiger partial charge in [-0.25, -0.2) is 9.97 Å². The van der Waals surface area contributed by atoms with E-state index in [2.05, 4.69) is 246 Å². The van der Waals surface area contributed by atoms with Crippen molar-refractivity contribution in [3.8, 4) is 39.2 Å². The predicted octanol–water partition coefficient (Wildman–Crippen LogP) is 14.3. The highest BCUT2D eigenvalue weighted by Crippen LogP contribution is 2.63. The molecule has 0 fully saturated rings. The topological polar surface area (TPSA) is 34.0 Å². The second-order valence-electron chi connectivity index (χ2n) is 18.0. The molecule has 68 heavy (non-hydrogen) atoms. The summed E-state index contributed by atoms with van der Waals surface area (Å²) < 4.78 is 2.46. The van der Waals surface area contributed by atoms with Crippen molar-refractivity contribution in [2.24, 2.45) is 0 Å². The molecule has 3 heterocycles. The molecule has 4 nitrogen and oxygen atoms in total. The van der Waals surface area contributed by atoms with Crippen LogP contribution in [0.15, 0.2) is 237 Å². The summed E-state index contributed by atoms with van der Waals surface area (Å²) in [5, 5.41) is 7.27. The van der Waals surface area contributed by atoms with Gasteiger partial charge in [0.15, 0.2) is 0 Å². The zero-order chi connectivity index (χ0) is 44.5. The fourth-order valence-electron chi connectivity index (χ4n) is 12.1. The maximum Gasteiger partial charge on any atom is 0.235 e. The van der Waals surface area contributed by atoms with E-state index in [9.17, 15) is 0 Å². The van der Waals surface area contributed by atoms with Crippen LogP contribution in [-0.2, 0) is 5.41 Å². The number of nitrogens with zero attached hydrogens (tertiary/aromatic N) is 4. The Balaban J connectivity index is 1.02. The van der Waals surface area contributed by atoms with E-state index in [1.807, 2.05) is 0 Å². The van der Waals surface area contributed by atoms with E-state index in [1.54, 1.807) is 0 Å². The molecule has 5 heteroatoms. The number of benzene rings is 10. The van der Waals surface area contributed by atoms with Gasteiger partial charge in [-0.1, -0.05) is 200 Å². The SMILES string of the molecule is c1ccc(-n2c3ccccc3c3ccc4c(c32)N(c2nc(-c3ccc5c(c3)-c3ccccc3C53c5ccccc5-c5ccccc53)c3ccccc3n2)c2ccccc2P4c2ccccc2)cc1. The number of hydrogen-bond donors (Lipinski definition) is 0. The lowest BCUT2D eigenvalue weighted by Gasteiger charge is -2.37. The minimum absolute atomic E-state index is 0.419. The molecule has 2 aliphatic carbocycles. The summed E-state index contributed by atoms with van der Waals surface area (Å²) in [6.45, 7) is 0. The van der Waals surface area contributed by atoms with E-state index in [4.69, 9.17) is 9.97 Å². The number of aromatic nitrogens is 3. The molecule has 0 saturated carbocycles. The molecule has 0 saturated heterocycles. The Bertz CT molecular complexity index is 4020. The van der Waals surface area contributed by atoms with E-state index in [0.29, 0.717) is 5.95 Å². The third kappa shape index (κ3) is 5.02. The Morgan fingerprint density at radius 1 is 0.412 bits per heavy atom. The fraction of sp³-hybridized carbons (Fsp3) is 0.0159. The normalized spacial score (nSPS) is 14.7. The van der Waals surface area contributed by atoms with Crippen molar-refractivity contribution >= 4 is 73.9 Å². The third-order valence-corrected chi connectivity index (χ3v) is 17.2. The molecule has 3 aliphatic rings. The quantitative estimate of drug-likeness (QED) is 0.165. The Kier molecular flexibility index (Phi) is 7.93. The highest BCUT2D eigenvalue weighted by Gasteiger charge is 2.51. The van der Waals surface area contributed by atoms with E-state index in [-0.39, 0.29) is 0 Å². The lowest BCUT2D eigenvalue weighted by Crippen LogP contribution is -2.35. The van der Waals surface area contributed by atoms with Gasteiger partial charge in [-0.05, 0) is 94.1 Å². The van der Waals surface area contributed by atoms with Crippen molar-refractivity contribution < 1.29 is 0 Å². The average molecular weight is 883 g/mol. The highest BCUT2D eigenvalue weighted by molar-refractivity contribution is 7.80. The van der Waals surface area contributed by atoms with Crippen LogP contribution in [0.25, 0.3) is 71.9 Å². The third-order valence-electron chi connectivity index (χ3n) is 14.7. The number of anilines is 3. The number of fused-ring (bicyclic) bond motifs is 17. The zero-order valence-corrected chi connectivity index (χ0v) is 37.6. The molecule has 0 radical (unpaired) electrons. The van der Waals surface area contributed by atoms with Gasteiger partial charge in [-0.15, -0.1) is 0 Å². The lowest BCUT2D eigenvalue weighted by atomic mass is 9.70. The molecule has 316 valence electrons. The molecule has 1 spiro atoms. The number of para-hydroxylation sites is 4. The van der Waals surface area contributed by atoms with Gasteiger partial charge in [-0.2, -0.15) is 0 Å². The van der Waals surface area contributed by atoms with Gasteiger partial charge in [-0.3, -0.25) is 4.90 Å². The summed E-state index contributed by atoms with van der Waals surface area (Å²) in [4.78, 5) is 13.8. The molecule has 1 unspecified atom stereocenters. The van der Waals surface area contributed by atoms with Gasteiger partial charge < -0.3 is 4.57 Å². The fourth-order valence-corrected chi connectivity index (χ4v) is 14.6. The van der Waals surface area contributed by atoms with Crippen LogP contribution >= 0.6 is 7.92 Å². The smallest absolute Gasteiger partial charge is 0.235 e. The largest absolute Gasteiger partial charge is 0.307 e. The number of hydrogen-bond acceptors (Lipinski definition) is 3. The van der Waals surface area contributed by atoms with Gasteiger partial charge in [0.2, 0.25) is 5.95 Å². The average Bonchev–Trinajstić information content (AvgIpc) is 4.02. The summed E-state index contributed by atoms with van der Waals surface area (Å²) >= 11 is 0. The molecule has 1 aliphatic heterocycles. The second-order valence-corrected chi connectivity index (χ2v) is 20.2. The van der Waals surface area contributed by atoms with Crippen LogP contribution in [-0.4, -0.2) is 14.5 Å². The summed E-state index contributed by atoms with van der Waals surface area (Å²) in [6, 6.07) is 87.0. The molecular formula is C63H39N4P. The summed E-state index contributed by atoms with van der Waals surface area (Å²) in [5.41, 5.74) is 18.5. The van der Waals surface area contributed by atoms with Crippen molar-refractivity contribution in [3.63, 3.8) is 0 Å². The van der Waals surface area contributed by atoms with Crippen molar-refractivity contribution in [2.45, 2.75) is 5.41 Å². The van der Waals surface area contributed by atoms with Crippen LogP contribution in [0.5, 0.6) is 0 Å². The van der Waals surface area contributed by atoms with Crippen LogP contribution in [0.3, 0.4) is 0 Å². The molecular weight excluding hydrogens is 844 g/mol. The molecule has 2 aromatic heterocycles. The summed E-state index contributed by atoms with van der Waals surface area (Å²) in [7, 11) is -0.968. The minimum Gasteiger partial charge on any atom is -0.307 e. The lowest BCUT2D eigenvalue weighted by molar-refractivity contribution is 0.794. The monoisotopic (exact) mass is 882 g/mol. The molecule has 0 bridgehead atoms. The van der Waals surface area contributed by atoms with E-state index < -0.39 is 13.3 Å². The molecule has 15 rings (SSSR count). The summed E-state index contributed by atoms with van der Waals surface area (Å²) in [6.07, 6.45) is 0. The van der Waals surface area contributed by atoms with Crippen molar-refractivity contribution in [1.82, 2.24) is 14.5 Å². The molecule has 0 amide bonds. The van der Waals surface area contributed by atoms with Crippen molar-refractivity contribution in [1.29, 1.82) is 0 Å². The summed E-state index contributed by atoms with van der Waals surface area (Å²) in [5.74, 6) is 0.642. The van der Waals surface area contributed by atoms with E-state index in [1.165, 1.54) is 71.2 Å². The minimum atomic E-state index is -0.968. The molecule has 1 atom stereocenters. The van der Waals surface area contributed by atoms with Gasteiger partial charge in [0.05, 0.1) is 39.0 Å². The van der Waals surface area contributed by atoms with Gasteiger partial charge >= 0.3 is 0 Å². The van der Waals surface area contributed by atoms with E-state index >= 15 is 0 Å². The number of rotatable bonds is 4. The second kappa shape index (κ2) is 14.3. The van der Waals surface area contributed by atoms with Crippen LogP contribution in [0.1, 0.15) is 22.3 Å². The van der Waals surface area contributed by atoms with Crippen LogP contribution in [0.2, 0.25) is 0 Å². The Labute approximate surface area is 394 Å². The first kappa shape index (κ1) is 37.8. The van der Waals surface area contributed by atoms with E-state index in [0.717, 1.165) is 50.3 Å². The first-order chi connectivity index (χ1) is 33.8. The van der Waals surface area contributed by atoms with Crippen molar-refractivity contribution in [3.05, 3.63) is 259 Å². The van der Waals surface area contributed by atoms with Crippen LogP contribution in [0.4, 0.5) is 17.3 Å². The van der Waals surface area contributed by atoms with Gasteiger partial charge in [0.1, 0.15) is 0 Å². The van der Waals surface area contributed by atoms with Gasteiger partial charge in [0, 0.05) is 38.0 Å². The van der Waals surface area contributed by atoms with Crippen LogP contribution < -0.4 is 20.8 Å². The van der Waals surface area contributed by atoms with Crippen LogP contribution in [0, 0.1) is 0 Å². The maximum atomic E-state index is 5.81. The van der Waals surface area contributed by atoms with Gasteiger partial charge in [0.25, 0.3) is 0 Å².